The average molecular weight is 258 g/mol. The number of rotatable bonds is 2. The van der Waals surface area contributed by atoms with E-state index in [1.54, 1.807) is 0 Å². The van der Waals surface area contributed by atoms with E-state index < -0.39 is 23.6 Å². The first-order chi connectivity index (χ1) is 8.00. The van der Waals surface area contributed by atoms with Crippen molar-refractivity contribution in [1.82, 2.24) is 0 Å². The molecule has 17 heavy (non-hydrogen) atoms. The number of hydrogen-bond acceptors (Lipinski definition) is 2. The van der Waals surface area contributed by atoms with E-state index in [1.165, 1.54) is 12.1 Å². The van der Waals surface area contributed by atoms with E-state index in [-0.39, 0.29) is 18.7 Å². The lowest BCUT2D eigenvalue weighted by atomic mass is 10.1. The van der Waals surface area contributed by atoms with Crippen molar-refractivity contribution < 1.29 is 19.1 Å². The van der Waals surface area contributed by atoms with Gasteiger partial charge in [-0.25, -0.2) is 4.39 Å². The van der Waals surface area contributed by atoms with E-state index in [9.17, 15) is 14.0 Å². The molecule has 0 bridgehead atoms. The highest BCUT2D eigenvalue weighted by Gasteiger charge is 2.38. The van der Waals surface area contributed by atoms with Crippen LogP contribution < -0.4 is 4.90 Å². The van der Waals surface area contributed by atoms with Crippen LogP contribution in [0.1, 0.15) is 6.42 Å². The molecule has 0 spiro atoms. The Labute approximate surface area is 102 Å². The van der Waals surface area contributed by atoms with Crippen molar-refractivity contribution in [3.8, 4) is 0 Å². The molecule has 90 valence electrons. The Hall–Kier alpha value is -1.62. The molecule has 1 saturated heterocycles. The molecule has 0 radical (unpaired) electrons. The van der Waals surface area contributed by atoms with Gasteiger partial charge in [-0.05, 0) is 24.6 Å². The summed E-state index contributed by atoms with van der Waals surface area (Å²) in [7, 11) is 0. The van der Waals surface area contributed by atoms with Crippen LogP contribution >= 0.6 is 11.6 Å². The molecule has 2 rings (SSSR count). The number of carboxylic acids is 1. The summed E-state index contributed by atoms with van der Waals surface area (Å²) in [6.07, 6.45) is 0.181. The molecule has 1 N–H and O–H groups in total. The minimum atomic E-state index is -1.18. The van der Waals surface area contributed by atoms with Crippen LogP contribution in [0.5, 0.6) is 0 Å². The summed E-state index contributed by atoms with van der Waals surface area (Å²) >= 11 is 5.72. The van der Waals surface area contributed by atoms with Gasteiger partial charge in [0, 0.05) is 11.6 Å². The molecule has 4 nitrogen and oxygen atoms in total. The van der Waals surface area contributed by atoms with Gasteiger partial charge in [0.2, 0.25) is 5.91 Å². The molecule has 1 aromatic carbocycles. The van der Waals surface area contributed by atoms with E-state index in [0.717, 1.165) is 11.0 Å². The van der Waals surface area contributed by atoms with Crippen LogP contribution in [0.4, 0.5) is 10.1 Å². The van der Waals surface area contributed by atoms with Crippen LogP contribution in [0, 0.1) is 11.7 Å². The Morgan fingerprint density at radius 3 is 2.82 bits per heavy atom. The molecular weight excluding hydrogens is 249 g/mol. The van der Waals surface area contributed by atoms with Crippen LogP contribution in [-0.2, 0) is 9.59 Å². The first-order valence-corrected chi connectivity index (χ1v) is 5.37. The van der Waals surface area contributed by atoms with Crippen LogP contribution in [0.15, 0.2) is 18.2 Å². The van der Waals surface area contributed by atoms with Gasteiger partial charge in [0.1, 0.15) is 11.7 Å². The van der Waals surface area contributed by atoms with Crippen LogP contribution in [0.3, 0.4) is 0 Å². The van der Waals surface area contributed by atoms with E-state index in [1.807, 2.05) is 0 Å². The fourth-order valence-electron chi connectivity index (χ4n) is 1.84. The second-order valence-corrected chi connectivity index (χ2v) is 4.20. The Bertz CT molecular complexity index is 492. The van der Waals surface area contributed by atoms with Crippen molar-refractivity contribution in [2.45, 2.75) is 6.42 Å². The predicted molar refractivity (Wildman–Crippen MR) is 59.5 cm³/mol. The fourth-order valence-corrected chi connectivity index (χ4v) is 2.01. The molecule has 1 unspecified atom stereocenters. The third kappa shape index (κ3) is 2.10. The quantitative estimate of drug-likeness (QED) is 0.824. The largest absolute Gasteiger partial charge is 0.481 e. The molecule has 1 fully saturated rings. The standard InChI is InChI=1S/C11H9ClFNO3/c12-6-1-2-8(13)9(5-6)14-4-3-7(10(14)15)11(16)17/h1-2,5,7H,3-4H2,(H,16,17). The lowest BCUT2D eigenvalue weighted by Crippen LogP contribution is -2.30. The average Bonchev–Trinajstić information content (AvgIpc) is 2.64. The molecule has 1 heterocycles. The summed E-state index contributed by atoms with van der Waals surface area (Å²) in [6, 6.07) is 3.84. The molecule has 0 aromatic heterocycles. The molecule has 1 amide bonds. The number of nitrogens with zero attached hydrogens (tertiary/aromatic N) is 1. The zero-order valence-corrected chi connectivity index (χ0v) is 9.45. The monoisotopic (exact) mass is 257 g/mol. The minimum Gasteiger partial charge on any atom is -0.481 e. The lowest BCUT2D eigenvalue weighted by molar-refractivity contribution is -0.144. The number of benzene rings is 1. The molecule has 0 aliphatic carbocycles. The normalized spacial score (nSPS) is 19.8. The summed E-state index contributed by atoms with van der Waals surface area (Å²) < 4.78 is 13.5. The van der Waals surface area contributed by atoms with Crippen molar-refractivity contribution in [2.75, 3.05) is 11.4 Å². The second-order valence-electron chi connectivity index (χ2n) is 3.77. The molecule has 1 aromatic rings. The van der Waals surface area contributed by atoms with Crippen molar-refractivity contribution in [1.29, 1.82) is 0 Å². The highest BCUT2D eigenvalue weighted by molar-refractivity contribution is 6.31. The van der Waals surface area contributed by atoms with Crippen LogP contribution in [0.25, 0.3) is 0 Å². The Morgan fingerprint density at radius 1 is 1.53 bits per heavy atom. The molecular formula is C11H9ClFNO3. The van der Waals surface area contributed by atoms with Gasteiger partial charge < -0.3 is 10.0 Å². The molecule has 6 heteroatoms. The maximum Gasteiger partial charge on any atom is 0.316 e. The lowest BCUT2D eigenvalue weighted by Gasteiger charge is -2.17. The predicted octanol–water partition coefficient (Wildman–Crippen LogP) is 1.92. The van der Waals surface area contributed by atoms with Crippen molar-refractivity contribution in [3.05, 3.63) is 29.0 Å². The van der Waals surface area contributed by atoms with Crippen LogP contribution in [0.2, 0.25) is 5.02 Å². The summed E-state index contributed by atoms with van der Waals surface area (Å²) in [6.45, 7) is 0.188. The molecule has 1 aliphatic heterocycles. The van der Waals surface area contributed by atoms with Gasteiger partial charge in [0.25, 0.3) is 0 Å². The van der Waals surface area contributed by atoms with Gasteiger partial charge in [-0.3, -0.25) is 9.59 Å². The number of carbonyl (C=O) groups excluding carboxylic acids is 1. The van der Waals surface area contributed by atoms with E-state index in [4.69, 9.17) is 16.7 Å². The number of hydrogen-bond donors (Lipinski definition) is 1. The molecule has 1 aliphatic rings. The van der Waals surface area contributed by atoms with Gasteiger partial charge in [0.15, 0.2) is 0 Å². The maximum atomic E-state index is 13.5. The van der Waals surface area contributed by atoms with E-state index in [2.05, 4.69) is 0 Å². The van der Waals surface area contributed by atoms with Crippen molar-refractivity contribution in [3.63, 3.8) is 0 Å². The molecule has 0 saturated carbocycles. The summed E-state index contributed by atoms with van der Waals surface area (Å²) in [5.41, 5.74) is 0.0336. The fraction of sp³-hybridized carbons (Fsp3) is 0.273. The smallest absolute Gasteiger partial charge is 0.316 e. The highest BCUT2D eigenvalue weighted by atomic mass is 35.5. The number of halogens is 2. The number of carbonyl (C=O) groups is 2. The SMILES string of the molecule is O=C(O)C1CCN(c2cc(Cl)ccc2F)C1=O. The first-order valence-electron chi connectivity index (χ1n) is 5.00. The highest BCUT2D eigenvalue weighted by Crippen LogP contribution is 2.29. The van der Waals surface area contributed by atoms with Gasteiger partial charge in [-0.15, -0.1) is 0 Å². The van der Waals surface area contributed by atoms with Gasteiger partial charge in [-0.2, -0.15) is 0 Å². The Morgan fingerprint density at radius 2 is 2.24 bits per heavy atom. The summed E-state index contributed by atoms with van der Waals surface area (Å²) in [5.74, 6) is -3.46. The third-order valence-corrected chi connectivity index (χ3v) is 2.94. The summed E-state index contributed by atoms with van der Waals surface area (Å²) in [4.78, 5) is 23.6. The van der Waals surface area contributed by atoms with Crippen LogP contribution in [-0.4, -0.2) is 23.5 Å². The zero-order valence-electron chi connectivity index (χ0n) is 8.69. The maximum absolute atomic E-state index is 13.5. The van der Waals surface area contributed by atoms with Crippen molar-refractivity contribution >= 4 is 29.2 Å². The zero-order chi connectivity index (χ0) is 12.6. The first kappa shape index (κ1) is 11.9. The Kier molecular flexibility index (Phi) is 3.02. The number of anilines is 1. The Balaban J connectivity index is 2.33. The second kappa shape index (κ2) is 4.33. The topological polar surface area (TPSA) is 57.6 Å². The van der Waals surface area contributed by atoms with Gasteiger partial charge >= 0.3 is 5.97 Å². The minimum absolute atomic E-state index is 0.0336. The van der Waals surface area contributed by atoms with Gasteiger partial charge in [-0.1, -0.05) is 11.6 Å². The third-order valence-electron chi connectivity index (χ3n) is 2.70. The number of carboxylic acid groups (broad SMARTS) is 1. The van der Waals surface area contributed by atoms with E-state index in [0.29, 0.717) is 5.02 Å². The van der Waals surface area contributed by atoms with Crippen molar-refractivity contribution in [2.24, 2.45) is 5.92 Å². The molecule has 1 atom stereocenters. The number of aliphatic carboxylic acids is 1. The van der Waals surface area contributed by atoms with Gasteiger partial charge in [0.05, 0.1) is 5.69 Å². The van der Waals surface area contributed by atoms with E-state index >= 15 is 0 Å². The number of amides is 1. The summed E-state index contributed by atoms with van der Waals surface area (Å²) in [5, 5.41) is 9.10.